The number of hydrogen-bond donors (Lipinski definition) is 1. The summed E-state index contributed by atoms with van der Waals surface area (Å²) >= 11 is 0. The Hall–Kier alpha value is -2.32. The van der Waals surface area contributed by atoms with Gasteiger partial charge in [-0.05, 0) is 17.7 Å². The second-order valence-electron chi connectivity index (χ2n) is 4.00. The Morgan fingerprint density at radius 3 is 2.78 bits per heavy atom. The van der Waals surface area contributed by atoms with E-state index < -0.39 is 0 Å². The normalized spacial score (nSPS) is 11.9. The highest BCUT2D eigenvalue weighted by Crippen LogP contribution is 2.25. The van der Waals surface area contributed by atoms with E-state index in [-0.39, 0.29) is 6.04 Å². The highest BCUT2D eigenvalue weighted by Gasteiger charge is 2.13. The molecular weight excluding hydrogens is 228 g/mol. The number of nitrogens with zero attached hydrogens (tertiary/aromatic N) is 3. The van der Waals surface area contributed by atoms with Crippen LogP contribution in [0.3, 0.4) is 0 Å². The lowest BCUT2D eigenvalue weighted by Crippen LogP contribution is -2.11. The minimum absolute atomic E-state index is 0.295. The van der Waals surface area contributed by atoms with Crippen LogP contribution >= 0.6 is 0 Å². The molecule has 1 heterocycles. The van der Waals surface area contributed by atoms with Crippen molar-refractivity contribution in [2.75, 3.05) is 7.11 Å². The first-order valence-electron chi connectivity index (χ1n) is 5.48. The Kier molecular flexibility index (Phi) is 3.31. The minimum Gasteiger partial charge on any atom is -0.495 e. The summed E-state index contributed by atoms with van der Waals surface area (Å²) in [6.07, 6.45) is 3.59. The third kappa shape index (κ3) is 2.19. The minimum atomic E-state index is -0.295. The zero-order valence-corrected chi connectivity index (χ0v) is 10.3. The van der Waals surface area contributed by atoms with Gasteiger partial charge in [0.15, 0.2) is 0 Å². The average molecular weight is 242 g/mol. The Morgan fingerprint density at radius 2 is 2.22 bits per heavy atom. The molecule has 1 unspecified atom stereocenters. The maximum Gasteiger partial charge on any atom is 0.136 e. The van der Waals surface area contributed by atoms with Gasteiger partial charge in [0, 0.05) is 18.8 Å². The summed E-state index contributed by atoms with van der Waals surface area (Å²) in [6.45, 7) is 0. The van der Waals surface area contributed by atoms with Gasteiger partial charge in [-0.2, -0.15) is 10.4 Å². The Bertz CT molecular complexity index is 597. The van der Waals surface area contributed by atoms with Crippen molar-refractivity contribution in [2.45, 2.75) is 6.04 Å². The van der Waals surface area contributed by atoms with Crippen LogP contribution in [0.1, 0.15) is 22.7 Å². The number of aromatic nitrogens is 2. The summed E-state index contributed by atoms with van der Waals surface area (Å²) < 4.78 is 6.80. The molecule has 2 aromatic rings. The number of nitrogens with two attached hydrogens (primary N) is 1. The SMILES string of the molecule is COc1ccc(C(N)c2cnn(C)c2)cc1C#N. The molecule has 1 aromatic carbocycles. The number of nitriles is 1. The lowest BCUT2D eigenvalue weighted by molar-refractivity contribution is 0.413. The van der Waals surface area contributed by atoms with E-state index in [0.29, 0.717) is 11.3 Å². The third-order valence-corrected chi connectivity index (χ3v) is 2.79. The van der Waals surface area contributed by atoms with Gasteiger partial charge in [0.1, 0.15) is 11.8 Å². The monoisotopic (exact) mass is 242 g/mol. The Balaban J connectivity index is 2.37. The summed E-state index contributed by atoms with van der Waals surface area (Å²) in [7, 11) is 3.38. The van der Waals surface area contributed by atoms with E-state index in [9.17, 15) is 0 Å². The molecule has 2 N–H and O–H groups in total. The van der Waals surface area contributed by atoms with Crippen molar-refractivity contribution in [3.8, 4) is 11.8 Å². The molecule has 0 fully saturated rings. The topological polar surface area (TPSA) is 76.9 Å². The molecule has 0 aliphatic heterocycles. The van der Waals surface area contributed by atoms with Gasteiger partial charge in [-0.1, -0.05) is 6.07 Å². The van der Waals surface area contributed by atoms with Crippen molar-refractivity contribution in [3.05, 3.63) is 47.3 Å². The fourth-order valence-electron chi connectivity index (χ4n) is 1.80. The number of aryl methyl sites for hydroxylation is 1. The average Bonchev–Trinajstić information content (AvgIpc) is 2.83. The quantitative estimate of drug-likeness (QED) is 0.881. The zero-order valence-electron chi connectivity index (χ0n) is 10.3. The molecule has 1 atom stereocenters. The fourth-order valence-corrected chi connectivity index (χ4v) is 1.80. The first-order chi connectivity index (χ1) is 8.65. The maximum atomic E-state index is 9.04. The van der Waals surface area contributed by atoms with Crippen molar-refractivity contribution in [1.82, 2.24) is 9.78 Å². The first-order valence-corrected chi connectivity index (χ1v) is 5.48. The van der Waals surface area contributed by atoms with Crippen molar-refractivity contribution < 1.29 is 4.74 Å². The fraction of sp³-hybridized carbons (Fsp3) is 0.231. The number of hydrogen-bond acceptors (Lipinski definition) is 4. The van der Waals surface area contributed by atoms with Gasteiger partial charge >= 0.3 is 0 Å². The van der Waals surface area contributed by atoms with Crippen LogP contribution in [0.2, 0.25) is 0 Å². The summed E-state index contributed by atoms with van der Waals surface area (Å²) in [5.74, 6) is 0.555. The lowest BCUT2D eigenvalue weighted by Gasteiger charge is -2.11. The molecule has 0 bridgehead atoms. The summed E-state index contributed by atoms with van der Waals surface area (Å²) in [6, 6.07) is 7.16. The zero-order chi connectivity index (χ0) is 13.1. The molecule has 0 spiro atoms. The summed E-state index contributed by atoms with van der Waals surface area (Å²) in [5.41, 5.74) is 8.39. The van der Waals surface area contributed by atoms with Crippen LogP contribution in [0, 0.1) is 11.3 Å². The van der Waals surface area contributed by atoms with Gasteiger partial charge in [-0.3, -0.25) is 4.68 Å². The van der Waals surface area contributed by atoms with Crippen LogP contribution < -0.4 is 10.5 Å². The molecule has 2 rings (SSSR count). The van der Waals surface area contributed by atoms with Crippen molar-refractivity contribution in [3.63, 3.8) is 0 Å². The van der Waals surface area contributed by atoms with Crippen molar-refractivity contribution in [2.24, 2.45) is 12.8 Å². The standard InChI is InChI=1S/C13H14N4O/c1-17-8-11(7-16-17)13(15)9-3-4-12(18-2)10(5-9)6-14/h3-5,7-8,13H,15H2,1-2H3. The molecule has 0 aliphatic carbocycles. The predicted molar refractivity (Wildman–Crippen MR) is 66.9 cm³/mol. The molecule has 0 aliphatic rings. The van der Waals surface area contributed by atoms with Crippen LogP contribution in [0.4, 0.5) is 0 Å². The second-order valence-corrected chi connectivity index (χ2v) is 4.00. The predicted octanol–water partition coefficient (Wildman–Crippen LogP) is 1.35. The van der Waals surface area contributed by atoms with Crippen LogP contribution in [-0.4, -0.2) is 16.9 Å². The largest absolute Gasteiger partial charge is 0.495 e. The lowest BCUT2D eigenvalue weighted by atomic mass is 10.0. The van der Waals surface area contributed by atoms with Gasteiger partial charge < -0.3 is 10.5 Å². The van der Waals surface area contributed by atoms with Gasteiger partial charge in [0.25, 0.3) is 0 Å². The molecule has 92 valence electrons. The highest BCUT2D eigenvalue weighted by molar-refractivity contribution is 5.47. The van der Waals surface area contributed by atoms with Crippen molar-refractivity contribution >= 4 is 0 Å². The number of rotatable bonds is 3. The smallest absolute Gasteiger partial charge is 0.136 e. The van der Waals surface area contributed by atoms with Crippen molar-refractivity contribution in [1.29, 1.82) is 5.26 Å². The molecule has 0 amide bonds. The van der Waals surface area contributed by atoms with E-state index in [1.54, 1.807) is 23.0 Å². The van der Waals surface area contributed by atoms with E-state index in [1.807, 2.05) is 19.3 Å². The molecule has 18 heavy (non-hydrogen) atoms. The summed E-state index contributed by atoms with van der Waals surface area (Å²) in [4.78, 5) is 0. The molecular formula is C13H14N4O. The molecule has 5 nitrogen and oxygen atoms in total. The second kappa shape index (κ2) is 4.90. The van der Waals surface area contributed by atoms with Gasteiger partial charge in [-0.25, -0.2) is 0 Å². The Morgan fingerprint density at radius 1 is 1.44 bits per heavy atom. The van der Waals surface area contributed by atoms with Gasteiger partial charge in [-0.15, -0.1) is 0 Å². The number of methoxy groups -OCH3 is 1. The van der Waals surface area contributed by atoms with Crippen LogP contribution in [0.5, 0.6) is 5.75 Å². The highest BCUT2D eigenvalue weighted by atomic mass is 16.5. The molecule has 0 radical (unpaired) electrons. The van der Waals surface area contributed by atoms with Crippen LogP contribution in [-0.2, 0) is 7.05 Å². The van der Waals surface area contributed by atoms with Crippen LogP contribution in [0.25, 0.3) is 0 Å². The van der Waals surface area contributed by atoms with Gasteiger partial charge in [0.2, 0.25) is 0 Å². The van der Waals surface area contributed by atoms with E-state index in [1.165, 1.54) is 7.11 Å². The molecule has 5 heteroatoms. The number of benzene rings is 1. The molecule has 0 saturated heterocycles. The van der Waals surface area contributed by atoms with E-state index in [4.69, 9.17) is 15.7 Å². The molecule has 0 saturated carbocycles. The maximum absolute atomic E-state index is 9.04. The third-order valence-electron chi connectivity index (χ3n) is 2.79. The van der Waals surface area contributed by atoms with E-state index in [0.717, 1.165) is 11.1 Å². The number of ether oxygens (including phenoxy) is 1. The van der Waals surface area contributed by atoms with Gasteiger partial charge in [0.05, 0.1) is 24.9 Å². The first kappa shape index (κ1) is 12.1. The summed E-state index contributed by atoms with van der Waals surface area (Å²) in [5, 5.41) is 13.1. The Labute approximate surface area is 105 Å². The van der Waals surface area contributed by atoms with Crippen LogP contribution in [0.15, 0.2) is 30.6 Å². The van der Waals surface area contributed by atoms with E-state index in [2.05, 4.69) is 11.2 Å². The molecule has 1 aromatic heterocycles. The van der Waals surface area contributed by atoms with E-state index >= 15 is 0 Å².